The van der Waals surface area contributed by atoms with Gasteiger partial charge in [-0.05, 0) is 30.5 Å². The number of carbonyl (C=O) groups is 3. The Labute approximate surface area is 159 Å². The molecule has 26 heavy (non-hydrogen) atoms. The van der Waals surface area contributed by atoms with Crippen molar-refractivity contribution in [2.24, 2.45) is 5.92 Å². The Bertz CT molecular complexity index is 604. The van der Waals surface area contributed by atoms with Crippen LogP contribution in [0.3, 0.4) is 0 Å². The largest absolute Gasteiger partial charge is 0.469 e. The standard InChI is InChI=1S/C19H27ClN2O4/c1-14(19(25)26-3)13-22(12-11-21-15(2)23)18(24)6-4-5-16-7-9-17(20)10-8-16/h7-10,14H,4-6,11-13H2,1-3H3,(H,21,23). The van der Waals surface area contributed by atoms with Crippen LogP contribution >= 0.6 is 11.6 Å². The zero-order valence-electron chi connectivity index (χ0n) is 15.6. The number of esters is 1. The van der Waals surface area contributed by atoms with E-state index in [0.717, 1.165) is 12.0 Å². The van der Waals surface area contributed by atoms with E-state index < -0.39 is 5.92 Å². The average molecular weight is 383 g/mol. The second-order valence-electron chi connectivity index (χ2n) is 6.23. The molecular weight excluding hydrogens is 356 g/mol. The van der Waals surface area contributed by atoms with Crippen LogP contribution in [0, 0.1) is 5.92 Å². The first-order valence-corrected chi connectivity index (χ1v) is 9.05. The molecule has 0 aliphatic carbocycles. The highest BCUT2D eigenvalue weighted by atomic mass is 35.5. The third kappa shape index (κ3) is 8.34. The van der Waals surface area contributed by atoms with Gasteiger partial charge in [0.2, 0.25) is 11.8 Å². The van der Waals surface area contributed by atoms with Crippen LogP contribution in [0.2, 0.25) is 5.02 Å². The molecule has 0 bridgehead atoms. The zero-order valence-corrected chi connectivity index (χ0v) is 16.3. The first kappa shape index (κ1) is 22.0. The fourth-order valence-electron chi connectivity index (χ4n) is 2.54. The lowest BCUT2D eigenvalue weighted by Gasteiger charge is -2.25. The van der Waals surface area contributed by atoms with Gasteiger partial charge in [0.15, 0.2) is 0 Å². The van der Waals surface area contributed by atoms with Gasteiger partial charge < -0.3 is 15.0 Å². The summed E-state index contributed by atoms with van der Waals surface area (Å²) in [5, 5.41) is 3.36. The molecule has 144 valence electrons. The molecule has 7 heteroatoms. The predicted molar refractivity (Wildman–Crippen MR) is 101 cm³/mol. The molecule has 0 aliphatic heterocycles. The van der Waals surface area contributed by atoms with E-state index in [1.807, 2.05) is 24.3 Å². The Morgan fingerprint density at radius 1 is 1.23 bits per heavy atom. The Kier molecular flexibility index (Phi) is 9.73. The van der Waals surface area contributed by atoms with E-state index in [-0.39, 0.29) is 24.3 Å². The molecule has 0 aromatic heterocycles. The van der Waals surface area contributed by atoms with Gasteiger partial charge in [-0.2, -0.15) is 0 Å². The molecule has 0 fully saturated rings. The monoisotopic (exact) mass is 382 g/mol. The van der Waals surface area contributed by atoms with Gasteiger partial charge in [-0.15, -0.1) is 0 Å². The summed E-state index contributed by atoms with van der Waals surface area (Å²) in [6.07, 6.45) is 1.84. The number of hydrogen-bond acceptors (Lipinski definition) is 4. The number of halogens is 1. The van der Waals surface area contributed by atoms with Crippen LogP contribution in [-0.4, -0.2) is 49.4 Å². The molecule has 0 heterocycles. The summed E-state index contributed by atoms with van der Waals surface area (Å²) in [4.78, 5) is 36.8. The normalized spacial score (nSPS) is 11.5. The minimum absolute atomic E-state index is 0.0416. The molecule has 1 unspecified atom stereocenters. The fourth-order valence-corrected chi connectivity index (χ4v) is 2.67. The molecule has 0 radical (unpaired) electrons. The average Bonchev–Trinajstić information content (AvgIpc) is 2.61. The van der Waals surface area contributed by atoms with Crippen LogP contribution in [0.5, 0.6) is 0 Å². The smallest absolute Gasteiger partial charge is 0.310 e. The van der Waals surface area contributed by atoms with E-state index in [9.17, 15) is 14.4 Å². The van der Waals surface area contributed by atoms with E-state index in [1.165, 1.54) is 14.0 Å². The zero-order chi connectivity index (χ0) is 19.5. The molecule has 1 N–H and O–H groups in total. The number of hydrogen-bond donors (Lipinski definition) is 1. The lowest BCUT2D eigenvalue weighted by molar-refractivity contribution is -0.146. The first-order valence-electron chi connectivity index (χ1n) is 8.68. The molecule has 0 aliphatic rings. The lowest BCUT2D eigenvalue weighted by Crippen LogP contribution is -2.41. The van der Waals surface area contributed by atoms with E-state index in [4.69, 9.17) is 16.3 Å². The Balaban J connectivity index is 2.56. The lowest BCUT2D eigenvalue weighted by atomic mass is 10.1. The molecule has 1 aromatic carbocycles. The summed E-state index contributed by atoms with van der Waals surface area (Å²) in [6, 6.07) is 7.55. The van der Waals surface area contributed by atoms with Crippen LogP contribution in [-0.2, 0) is 25.5 Å². The minimum Gasteiger partial charge on any atom is -0.469 e. The number of aryl methyl sites for hydroxylation is 1. The molecule has 0 saturated carbocycles. The number of rotatable bonds is 10. The molecule has 1 atom stereocenters. The van der Waals surface area contributed by atoms with Crippen LogP contribution in [0.1, 0.15) is 32.3 Å². The Hall–Kier alpha value is -2.08. The maximum atomic E-state index is 12.5. The van der Waals surface area contributed by atoms with Crippen molar-refractivity contribution in [1.82, 2.24) is 10.2 Å². The Morgan fingerprint density at radius 2 is 1.88 bits per heavy atom. The molecule has 6 nitrogen and oxygen atoms in total. The van der Waals surface area contributed by atoms with Gasteiger partial charge in [0, 0.05) is 38.0 Å². The molecule has 0 spiro atoms. The number of nitrogens with zero attached hydrogens (tertiary/aromatic N) is 1. The topological polar surface area (TPSA) is 75.7 Å². The quantitative estimate of drug-likeness (QED) is 0.630. The summed E-state index contributed by atoms with van der Waals surface area (Å²) in [6.45, 7) is 4.13. The molecular formula is C19H27ClN2O4. The number of carbonyl (C=O) groups excluding carboxylic acids is 3. The number of methoxy groups -OCH3 is 1. The highest BCUT2D eigenvalue weighted by Gasteiger charge is 2.21. The van der Waals surface area contributed by atoms with Crippen molar-refractivity contribution in [1.29, 1.82) is 0 Å². The second kappa shape index (κ2) is 11.5. The first-order chi connectivity index (χ1) is 12.3. The maximum Gasteiger partial charge on any atom is 0.310 e. The van der Waals surface area contributed by atoms with E-state index in [1.54, 1.807) is 11.8 Å². The number of benzene rings is 1. The van der Waals surface area contributed by atoms with E-state index >= 15 is 0 Å². The molecule has 1 aromatic rings. The summed E-state index contributed by atoms with van der Waals surface area (Å²) in [7, 11) is 1.33. The van der Waals surface area contributed by atoms with Gasteiger partial charge in [0.05, 0.1) is 13.0 Å². The third-order valence-corrected chi connectivity index (χ3v) is 4.23. The SMILES string of the molecule is COC(=O)C(C)CN(CCNC(C)=O)C(=O)CCCc1ccc(Cl)cc1. The van der Waals surface area contributed by atoms with Gasteiger partial charge >= 0.3 is 5.97 Å². The van der Waals surface area contributed by atoms with Crippen molar-refractivity contribution in [3.8, 4) is 0 Å². The molecule has 1 rings (SSSR count). The van der Waals surface area contributed by atoms with Crippen LogP contribution in [0.25, 0.3) is 0 Å². The predicted octanol–water partition coefficient (Wildman–Crippen LogP) is 2.44. The molecule has 2 amide bonds. The highest BCUT2D eigenvalue weighted by Crippen LogP contribution is 2.12. The number of nitrogens with one attached hydrogen (secondary N) is 1. The summed E-state index contributed by atoms with van der Waals surface area (Å²) >= 11 is 5.87. The van der Waals surface area contributed by atoms with Crippen molar-refractivity contribution in [2.75, 3.05) is 26.7 Å². The van der Waals surface area contributed by atoms with Gasteiger partial charge in [0.1, 0.15) is 0 Å². The van der Waals surface area contributed by atoms with Gasteiger partial charge in [-0.1, -0.05) is 30.7 Å². The fraction of sp³-hybridized carbons (Fsp3) is 0.526. The van der Waals surface area contributed by atoms with Crippen molar-refractivity contribution in [2.45, 2.75) is 33.1 Å². The van der Waals surface area contributed by atoms with Crippen LogP contribution in [0.15, 0.2) is 24.3 Å². The van der Waals surface area contributed by atoms with E-state index in [2.05, 4.69) is 5.32 Å². The second-order valence-corrected chi connectivity index (χ2v) is 6.66. The van der Waals surface area contributed by atoms with Crippen LogP contribution < -0.4 is 5.32 Å². The Morgan fingerprint density at radius 3 is 2.46 bits per heavy atom. The summed E-state index contributed by atoms with van der Waals surface area (Å²) in [5.41, 5.74) is 1.12. The number of amides is 2. The highest BCUT2D eigenvalue weighted by molar-refractivity contribution is 6.30. The van der Waals surface area contributed by atoms with Crippen molar-refractivity contribution in [3.63, 3.8) is 0 Å². The number of ether oxygens (including phenoxy) is 1. The molecule has 0 saturated heterocycles. The van der Waals surface area contributed by atoms with Crippen molar-refractivity contribution in [3.05, 3.63) is 34.9 Å². The maximum absolute atomic E-state index is 12.5. The minimum atomic E-state index is -0.419. The summed E-state index contributed by atoms with van der Waals surface area (Å²) in [5.74, 6) is -0.970. The van der Waals surface area contributed by atoms with Crippen molar-refractivity contribution >= 4 is 29.4 Å². The van der Waals surface area contributed by atoms with Gasteiger partial charge in [0.25, 0.3) is 0 Å². The van der Waals surface area contributed by atoms with Gasteiger partial charge in [-0.3, -0.25) is 14.4 Å². The van der Waals surface area contributed by atoms with Crippen molar-refractivity contribution < 1.29 is 19.1 Å². The van der Waals surface area contributed by atoms with Gasteiger partial charge in [-0.25, -0.2) is 0 Å². The third-order valence-electron chi connectivity index (χ3n) is 3.98. The summed E-state index contributed by atoms with van der Waals surface area (Å²) < 4.78 is 4.73. The van der Waals surface area contributed by atoms with E-state index in [0.29, 0.717) is 31.0 Å². The van der Waals surface area contributed by atoms with Crippen LogP contribution in [0.4, 0.5) is 0 Å².